The van der Waals surface area contributed by atoms with E-state index < -0.39 is 11.9 Å². The van der Waals surface area contributed by atoms with E-state index in [1.807, 2.05) is 24.0 Å². The summed E-state index contributed by atoms with van der Waals surface area (Å²) in [6, 6.07) is 8.06. The number of nitrogens with zero attached hydrogens (tertiary/aromatic N) is 6. The van der Waals surface area contributed by atoms with Gasteiger partial charge in [0.1, 0.15) is 17.2 Å². The molecule has 0 unspecified atom stereocenters. The summed E-state index contributed by atoms with van der Waals surface area (Å²) in [7, 11) is 0. The minimum absolute atomic E-state index is 0.115. The van der Waals surface area contributed by atoms with Crippen molar-refractivity contribution in [1.82, 2.24) is 24.9 Å². The molecule has 4 heterocycles. The summed E-state index contributed by atoms with van der Waals surface area (Å²) in [5, 5.41) is 0. The molecule has 4 rings (SSSR count). The number of morpholine rings is 1. The van der Waals surface area contributed by atoms with Crippen molar-refractivity contribution >= 4 is 5.95 Å². The number of halogens is 3. The Morgan fingerprint density at radius 2 is 1.83 bits per heavy atom. The molecule has 1 aliphatic rings. The van der Waals surface area contributed by atoms with E-state index in [1.54, 1.807) is 6.07 Å². The van der Waals surface area contributed by atoms with Crippen molar-refractivity contribution in [2.45, 2.75) is 19.5 Å². The number of pyridine rings is 2. The van der Waals surface area contributed by atoms with Gasteiger partial charge in [0, 0.05) is 31.4 Å². The summed E-state index contributed by atoms with van der Waals surface area (Å²) < 4.78 is 44.4. The van der Waals surface area contributed by atoms with Crippen LogP contribution in [0.2, 0.25) is 0 Å². The van der Waals surface area contributed by atoms with E-state index in [2.05, 4.69) is 24.9 Å². The Hall–Kier alpha value is -3.14. The van der Waals surface area contributed by atoms with Crippen LogP contribution in [0.1, 0.15) is 22.8 Å². The predicted molar refractivity (Wildman–Crippen MR) is 103 cm³/mol. The third-order valence-electron chi connectivity index (χ3n) is 4.56. The van der Waals surface area contributed by atoms with Crippen molar-refractivity contribution < 1.29 is 17.9 Å². The zero-order valence-electron chi connectivity index (χ0n) is 16.2. The van der Waals surface area contributed by atoms with Crippen LogP contribution in [0.3, 0.4) is 0 Å². The van der Waals surface area contributed by atoms with E-state index in [1.165, 1.54) is 6.07 Å². The molecule has 0 aromatic carbocycles. The predicted octanol–water partition coefficient (Wildman–Crippen LogP) is 3.08. The Morgan fingerprint density at radius 1 is 1.03 bits per heavy atom. The van der Waals surface area contributed by atoms with Crippen LogP contribution in [-0.2, 0) is 17.3 Å². The highest BCUT2D eigenvalue weighted by atomic mass is 19.4. The number of anilines is 1. The summed E-state index contributed by atoms with van der Waals surface area (Å²) in [5.74, 6) is 1.21. The van der Waals surface area contributed by atoms with E-state index in [-0.39, 0.29) is 6.42 Å². The number of rotatable bonds is 4. The van der Waals surface area contributed by atoms with Crippen LogP contribution in [0.15, 0.2) is 36.5 Å². The van der Waals surface area contributed by atoms with Gasteiger partial charge in [-0.15, -0.1) is 0 Å². The monoisotopic (exact) mass is 416 g/mol. The van der Waals surface area contributed by atoms with Crippen LogP contribution in [0.5, 0.6) is 0 Å². The molecule has 30 heavy (non-hydrogen) atoms. The van der Waals surface area contributed by atoms with Crippen molar-refractivity contribution in [3.63, 3.8) is 0 Å². The number of ether oxygens (including phenoxy) is 1. The highest BCUT2D eigenvalue weighted by molar-refractivity contribution is 5.52. The van der Waals surface area contributed by atoms with Crippen LogP contribution in [-0.4, -0.2) is 51.2 Å². The lowest BCUT2D eigenvalue weighted by Crippen LogP contribution is -2.37. The maximum absolute atomic E-state index is 13.0. The number of aryl methyl sites for hydroxylation is 1. The molecule has 0 N–H and O–H groups in total. The molecule has 7 nitrogen and oxygen atoms in total. The van der Waals surface area contributed by atoms with Gasteiger partial charge in [-0.2, -0.15) is 23.1 Å². The smallest absolute Gasteiger partial charge is 0.378 e. The number of hydrogen-bond acceptors (Lipinski definition) is 7. The second-order valence-corrected chi connectivity index (χ2v) is 6.86. The lowest BCUT2D eigenvalue weighted by molar-refractivity contribution is -0.141. The Kier molecular flexibility index (Phi) is 5.58. The first kappa shape index (κ1) is 20.1. The largest absolute Gasteiger partial charge is 0.433 e. The average Bonchev–Trinajstić information content (AvgIpc) is 2.74. The Morgan fingerprint density at radius 3 is 2.57 bits per heavy atom. The highest BCUT2D eigenvalue weighted by Crippen LogP contribution is 2.28. The van der Waals surface area contributed by atoms with Crippen LogP contribution in [0.25, 0.3) is 11.5 Å². The summed E-state index contributed by atoms with van der Waals surface area (Å²) in [6.07, 6.45) is -3.25. The van der Waals surface area contributed by atoms with Crippen molar-refractivity contribution in [2.75, 3.05) is 31.2 Å². The highest BCUT2D eigenvalue weighted by Gasteiger charge is 2.32. The van der Waals surface area contributed by atoms with Gasteiger partial charge in [-0.25, -0.2) is 9.97 Å². The van der Waals surface area contributed by atoms with Crippen molar-refractivity contribution in [1.29, 1.82) is 0 Å². The number of alkyl halides is 3. The molecule has 156 valence electrons. The SMILES string of the molecule is Cc1cccc(-c2nc(Cc3ccnc(C(F)(F)F)c3)nc(N3CCOCC3)n2)n1. The van der Waals surface area contributed by atoms with Crippen molar-refractivity contribution in [3.8, 4) is 11.5 Å². The van der Waals surface area contributed by atoms with Crippen molar-refractivity contribution in [3.05, 3.63) is 59.3 Å². The summed E-state index contributed by atoms with van der Waals surface area (Å²) in [4.78, 5) is 23.4. The third-order valence-corrected chi connectivity index (χ3v) is 4.56. The van der Waals surface area contributed by atoms with Crippen LogP contribution < -0.4 is 4.90 Å². The number of hydrogen-bond donors (Lipinski definition) is 0. The van der Waals surface area contributed by atoms with Gasteiger partial charge in [-0.1, -0.05) is 6.07 Å². The molecule has 3 aromatic heterocycles. The van der Waals surface area contributed by atoms with Gasteiger partial charge in [0.25, 0.3) is 0 Å². The molecule has 0 spiro atoms. The van der Waals surface area contributed by atoms with Gasteiger partial charge >= 0.3 is 6.18 Å². The molecule has 0 saturated carbocycles. The standard InChI is InChI=1S/C20H19F3N6O/c1-13-3-2-4-15(25-13)18-26-17(27-19(28-18)29-7-9-30-10-8-29)12-14-5-6-24-16(11-14)20(21,22)23/h2-6,11H,7-10,12H2,1H3. The minimum Gasteiger partial charge on any atom is -0.378 e. The molecule has 0 amide bonds. The average molecular weight is 416 g/mol. The molecule has 10 heteroatoms. The molecular formula is C20H19F3N6O. The first-order chi connectivity index (χ1) is 14.4. The van der Waals surface area contributed by atoms with Crippen LogP contribution in [0.4, 0.5) is 19.1 Å². The van der Waals surface area contributed by atoms with Gasteiger partial charge < -0.3 is 9.64 Å². The van der Waals surface area contributed by atoms with E-state index in [0.717, 1.165) is 18.0 Å². The second-order valence-electron chi connectivity index (χ2n) is 6.86. The zero-order valence-corrected chi connectivity index (χ0v) is 16.2. The summed E-state index contributed by atoms with van der Waals surface area (Å²) in [6.45, 7) is 4.22. The quantitative estimate of drug-likeness (QED) is 0.647. The Bertz CT molecular complexity index is 1040. The van der Waals surface area contributed by atoms with Gasteiger partial charge in [0.05, 0.1) is 13.2 Å². The summed E-state index contributed by atoms with van der Waals surface area (Å²) in [5.41, 5.74) is 0.868. The first-order valence-corrected chi connectivity index (χ1v) is 9.42. The molecule has 1 saturated heterocycles. The van der Waals surface area contributed by atoms with Crippen molar-refractivity contribution in [2.24, 2.45) is 0 Å². The Labute approximate surface area is 171 Å². The molecule has 1 aliphatic heterocycles. The van der Waals surface area contributed by atoms with Gasteiger partial charge in [0.2, 0.25) is 5.95 Å². The van der Waals surface area contributed by atoms with Gasteiger partial charge in [0.15, 0.2) is 5.82 Å². The molecular weight excluding hydrogens is 397 g/mol. The van der Waals surface area contributed by atoms with Gasteiger partial charge in [-0.05, 0) is 36.8 Å². The van der Waals surface area contributed by atoms with E-state index in [0.29, 0.717) is 55.2 Å². The fourth-order valence-corrected chi connectivity index (χ4v) is 3.10. The molecule has 3 aromatic rings. The fraction of sp³-hybridized carbons (Fsp3) is 0.350. The van der Waals surface area contributed by atoms with Crippen LogP contribution in [0, 0.1) is 6.92 Å². The fourth-order valence-electron chi connectivity index (χ4n) is 3.10. The van der Waals surface area contributed by atoms with E-state index in [9.17, 15) is 13.2 Å². The molecule has 0 atom stereocenters. The first-order valence-electron chi connectivity index (χ1n) is 9.42. The Balaban J connectivity index is 1.72. The summed E-state index contributed by atoms with van der Waals surface area (Å²) >= 11 is 0. The van der Waals surface area contributed by atoms with Gasteiger partial charge in [-0.3, -0.25) is 4.98 Å². The topological polar surface area (TPSA) is 76.9 Å². The normalized spacial score (nSPS) is 14.7. The molecule has 1 fully saturated rings. The van der Waals surface area contributed by atoms with E-state index >= 15 is 0 Å². The molecule has 0 bridgehead atoms. The third kappa shape index (κ3) is 4.70. The maximum Gasteiger partial charge on any atom is 0.433 e. The molecule has 0 aliphatic carbocycles. The zero-order chi connectivity index (χ0) is 21.1. The van der Waals surface area contributed by atoms with E-state index in [4.69, 9.17) is 4.74 Å². The maximum atomic E-state index is 13.0. The van der Waals surface area contributed by atoms with Crippen LogP contribution >= 0.6 is 0 Å². The lowest BCUT2D eigenvalue weighted by Gasteiger charge is -2.27. The lowest BCUT2D eigenvalue weighted by atomic mass is 10.1. The second kappa shape index (κ2) is 8.31. The minimum atomic E-state index is -4.51. The molecule has 0 radical (unpaired) electrons. The number of aromatic nitrogens is 5.